The second-order valence-electron chi connectivity index (χ2n) is 6.24. The molecule has 1 fully saturated rings. The molecule has 0 bridgehead atoms. The predicted molar refractivity (Wildman–Crippen MR) is 99.5 cm³/mol. The van der Waals surface area contributed by atoms with Gasteiger partial charge in [-0.25, -0.2) is 8.42 Å². The zero-order chi connectivity index (χ0) is 19.2. The third-order valence-corrected chi connectivity index (χ3v) is 5.28. The molecule has 0 atom stereocenters. The number of carbonyl (C=O) groups is 2. The van der Waals surface area contributed by atoms with Crippen LogP contribution in [0.3, 0.4) is 0 Å². The number of carbonyl (C=O) groups excluding carboxylic acids is 2. The van der Waals surface area contributed by atoms with Crippen molar-refractivity contribution in [2.45, 2.75) is 19.8 Å². The van der Waals surface area contributed by atoms with E-state index < -0.39 is 10.0 Å². The van der Waals surface area contributed by atoms with Crippen LogP contribution in [0.25, 0.3) is 0 Å². The van der Waals surface area contributed by atoms with E-state index in [1.54, 1.807) is 24.3 Å². The van der Waals surface area contributed by atoms with Gasteiger partial charge in [0.2, 0.25) is 21.8 Å². The highest BCUT2D eigenvalue weighted by Crippen LogP contribution is 2.20. The first-order valence-corrected chi connectivity index (χ1v) is 10.3. The largest absolute Gasteiger partial charge is 0.381 e. The van der Waals surface area contributed by atoms with Gasteiger partial charge in [0.15, 0.2) is 0 Å². The van der Waals surface area contributed by atoms with Crippen LogP contribution in [-0.4, -0.2) is 52.8 Å². The summed E-state index contributed by atoms with van der Waals surface area (Å²) in [5.74, 6) is -0.344. The molecule has 0 spiro atoms. The van der Waals surface area contributed by atoms with E-state index in [0.717, 1.165) is 6.26 Å². The number of benzene rings is 1. The van der Waals surface area contributed by atoms with Crippen LogP contribution < -0.4 is 14.9 Å². The lowest BCUT2D eigenvalue weighted by atomic mass is 9.99. The topological polar surface area (TPSA) is 105 Å². The zero-order valence-electron chi connectivity index (χ0n) is 15.0. The third kappa shape index (κ3) is 5.99. The molecule has 26 heavy (non-hydrogen) atoms. The lowest BCUT2D eigenvalue weighted by molar-refractivity contribution is -0.127. The first-order valence-electron chi connectivity index (χ1n) is 8.48. The van der Waals surface area contributed by atoms with Gasteiger partial charge in [-0.2, -0.15) is 0 Å². The van der Waals surface area contributed by atoms with Gasteiger partial charge in [0.1, 0.15) is 0 Å². The first kappa shape index (κ1) is 20.2. The Hall–Kier alpha value is -2.13. The van der Waals surface area contributed by atoms with Gasteiger partial charge in [0.25, 0.3) is 0 Å². The van der Waals surface area contributed by atoms with Gasteiger partial charge >= 0.3 is 0 Å². The van der Waals surface area contributed by atoms with Crippen molar-refractivity contribution >= 4 is 33.2 Å². The summed E-state index contributed by atoms with van der Waals surface area (Å²) in [5.41, 5.74) is 1.06. The van der Waals surface area contributed by atoms with Crippen molar-refractivity contribution in [2.24, 2.45) is 5.92 Å². The van der Waals surface area contributed by atoms with Crippen molar-refractivity contribution in [3.8, 4) is 0 Å². The molecule has 0 unspecified atom stereocenters. The minimum atomic E-state index is -3.50. The summed E-state index contributed by atoms with van der Waals surface area (Å²) in [6.07, 6.45) is 2.49. The highest BCUT2D eigenvalue weighted by Gasteiger charge is 2.22. The molecule has 2 N–H and O–H groups in total. The Kier molecular flexibility index (Phi) is 6.98. The fourth-order valence-electron chi connectivity index (χ4n) is 2.79. The van der Waals surface area contributed by atoms with E-state index >= 15 is 0 Å². The van der Waals surface area contributed by atoms with Crippen LogP contribution in [0.4, 0.5) is 11.4 Å². The molecule has 1 saturated heterocycles. The molecule has 2 amide bonds. The summed E-state index contributed by atoms with van der Waals surface area (Å²) in [6, 6.07) is 6.50. The van der Waals surface area contributed by atoms with Crippen LogP contribution in [0.15, 0.2) is 24.3 Å². The zero-order valence-corrected chi connectivity index (χ0v) is 15.8. The summed E-state index contributed by atoms with van der Waals surface area (Å²) in [5, 5.41) is 5.43. The number of ether oxygens (including phenoxy) is 1. The van der Waals surface area contributed by atoms with Crippen molar-refractivity contribution in [3.05, 3.63) is 24.3 Å². The number of nitrogens with zero attached hydrogens (tertiary/aromatic N) is 1. The van der Waals surface area contributed by atoms with E-state index in [2.05, 4.69) is 10.6 Å². The standard InChI is InChI=1S/C17H25N3O5S/c1-13(21)19-15-3-5-16(6-4-15)20(26(2,23)24)10-9-18-17(22)14-7-11-25-12-8-14/h3-6,14H,7-12H2,1-2H3,(H,18,22)(H,19,21). The predicted octanol–water partition coefficient (Wildman–Crippen LogP) is 0.954. The quantitative estimate of drug-likeness (QED) is 0.730. The molecular formula is C17H25N3O5S. The Morgan fingerprint density at radius 1 is 1.19 bits per heavy atom. The van der Waals surface area contributed by atoms with Crippen molar-refractivity contribution in [2.75, 3.05) is 42.2 Å². The summed E-state index contributed by atoms with van der Waals surface area (Å²) < 4.78 is 30.7. The fourth-order valence-corrected chi connectivity index (χ4v) is 3.71. The summed E-state index contributed by atoms with van der Waals surface area (Å²) in [7, 11) is -3.50. The number of hydrogen-bond donors (Lipinski definition) is 2. The van der Waals surface area contributed by atoms with Crippen molar-refractivity contribution < 1.29 is 22.7 Å². The average Bonchev–Trinajstić information content (AvgIpc) is 2.59. The number of rotatable bonds is 7. The SMILES string of the molecule is CC(=O)Nc1ccc(N(CCNC(=O)C2CCOCC2)S(C)(=O)=O)cc1. The minimum absolute atomic E-state index is 0.0669. The Morgan fingerprint density at radius 3 is 2.35 bits per heavy atom. The highest BCUT2D eigenvalue weighted by molar-refractivity contribution is 7.92. The molecule has 0 aromatic heterocycles. The van der Waals surface area contributed by atoms with Gasteiger partial charge in [-0.15, -0.1) is 0 Å². The Balaban J connectivity index is 1.97. The molecule has 1 aliphatic rings. The van der Waals surface area contributed by atoms with Crippen LogP contribution >= 0.6 is 0 Å². The fraction of sp³-hybridized carbons (Fsp3) is 0.529. The van der Waals surface area contributed by atoms with E-state index in [0.29, 0.717) is 37.4 Å². The van der Waals surface area contributed by atoms with E-state index in [4.69, 9.17) is 4.74 Å². The van der Waals surface area contributed by atoms with Crippen LogP contribution in [0.5, 0.6) is 0 Å². The van der Waals surface area contributed by atoms with Crippen molar-refractivity contribution in [1.82, 2.24) is 5.32 Å². The van der Waals surface area contributed by atoms with E-state index in [9.17, 15) is 18.0 Å². The normalized spacial score (nSPS) is 15.3. The molecule has 144 valence electrons. The molecule has 1 aliphatic heterocycles. The third-order valence-electron chi connectivity index (χ3n) is 4.08. The maximum Gasteiger partial charge on any atom is 0.232 e. The number of hydrogen-bond acceptors (Lipinski definition) is 5. The molecule has 1 heterocycles. The van der Waals surface area contributed by atoms with Crippen LogP contribution in [0.1, 0.15) is 19.8 Å². The number of sulfonamides is 1. The Bertz CT molecular complexity index is 727. The van der Waals surface area contributed by atoms with Gasteiger partial charge in [0.05, 0.1) is 18.5 Å². The maximum atomic E-state index is 12.1. The smallest absolute Gasteiger partial charge is 0.232 e. The van der Waals surface area contributed by atoms with Gasteiger partial charge in [0, 0.05) is 38.3 Å². The number of nitrogens with one attached hydrogen (secondary N) is 2. The number of amides is 2. The Morgan fingerprint density at radius 2 is 1.81 bits per heavy atom. The lowest BCUT2D eigenvalue weighted by Crippen LogP contribution is -2.41. The van der Waals surface area contributed by atoms with E-state index in [1.165, 1.54) is 11.2 Å². The maximum absolute atomic E-state index is 12.1. The van der Waals surface area contributed by atoms with Gasteiger partial charge in [-0.3, -0.25) is 13.9 Å². The average molecular weight is 383 g/mol. The van der Waals surface area contributed by atoms with E-state index in [1.807, 2.05) is 0 Å². The molecule has 0 saturated carbocycles. The van der Waals surface area contributed by atoms with Gasteiger partial charge in [-0.05, 0) is 37.1 Å². The summed E-state index contributed by atoms with van der Waals surface area (Å²) in [6.45, 7) is 2.91. The molecule has 1 aromatic rings. The van der Waals surface area contributed by atoms with E-state index in [-0.39, 0.29) is 30.8 Å². The molecule has 0 aliphatic carbocycles. The Labute approximate surface area is 153 Å². The molecule has 9 heteroatoms. The monoisotopic (exact) mass is 383 g/mol. The van der Waals surface area contributed by atoms with Crippen molar-refractivity contribution in [1.29, 1.82) is 0 Å². The number of anilines is 2. The molecule has 8 nitrogen and oxygen atoms in total. The minimum Gasteiger partial charge on any atom is -0.381 e. The van der Waals surface area contributed by atoms with Crippen molar-refractivity contribution in [3.63, 3.8) is 0 Å². The van der Waals surface area contributed by atoms with Gasteiger partial charge in [-0.1, -0.05) is 0 Å². The van der Waals surface area contributed by atoms with Crippen LogP contribution in [0, 0.1) is 5.92 Å². The van der Waals surface area contributed by atoms with Gasteiger partial charge < -0.3 is 15.4 Å². The molecule has 1 aromatic carbocycles. The molecule has 2 rings (SSSR count). The van der Waals surface area contributed by atoms with Crippen LogP contribution in [0.2, 0.25) is 0 Å². The highest BCUT2D eigenvalue weighted by atomic mass is 32.2. The first-order chi connectivity index (χ1) is 12.3. The second kappa shape index (κ2) is 9.00. The molecular weight excluding hydrogens is 358 g/mol. The lowest BCUT2D eigenvalue weighted by Gasteiger charge is -2.24. The summed E-state index contributed by atoms with van der Waals surface area (Å²) >= 11 is 0. The second-order valence-corrected chi connectivity index (χ2v) is 8.15. The van der Waals surface area contributed by atoms with Crippen LogP contribution in [-0.2, 0) is 24.3 Å². The molecule has 0 radical (unpaired) electrons. The summed E-state index contributed by atoms with van der Waals surface area (Å²) in [4.78, 5) is 23.2.